The molecule has 5 nitrogen and oxygen atoms in total. The van der Waals surface area contributed by atoms with Gasteiger partial charge in [-0.05, 0) is 31.7 Å². The molecule has 0 unspecified atom stereocenters. The number of amides is 1. The van der Waals surface area contributed by atoms with Crippen LogP contribution in [-0.2, 0) is 0 Å². The molecular weight excluding hydrogens is 280 g/mol. The van der Waals surface area contributed by atoms with Crippen LogP contribution >= 0.6 is 11.6 Å². The Morgan fingerprint density at radius 2 is 2.25 bits per heavy atom. The Morgan fingerprint density at radius 3 is 2.90 bits per heavy atom. The molecule has 1 aliphatic rings. The lowest BCUT2D eigenvalue weighted by molar-refractivity contribution is -0.384. The highest BCUT2D eigenvalue weighted by molar-refractivity contribution is 6.33. The second-order valence-corrected chi connectivity index (χ2v) is 5.09. The highest BCUT2D eigenvalue weighted by Gasteiger charge is 2.15. The molecule has 1 amide bonds. The van der Waals surface area contributed by atoms with Gasteiger partial charge < -0.3 is 5.32 Å². The van der Waals surface area contributed by atoms with Gasteiger partial charge in [0.2, 0.25) is 0 Å². The second-order valence-electron chi connectivity index (χ2n) is 4.68. The molecule has 6 heteroatoms. The molecular formula is C14H15ClN2O3. The summed E-state index contributed by atoms with van der Waals surface area (Å²) < 4.78 is 0. The monoisotopic (exact) mass is 294 g/mol. The van der Waals surface area contributed by atoms with E-state index in [1.54, 1.807) is 0 Å². The SMILES string of the molecule is O=C(NCCC1=CCCC1)c1cc([N+](=O)[O-])ccc1Cl. The summed E-state index contributed by atoms with van der Waals surface area (Å²) in [6.45, 7) is 0.518. The van der Waals surface area contributed by atoms with E-state index in [0.29, 0.717) is 6.54 Å². The molecule has 0 heterocycles. The van der Waals surface area contributed by atoms with Crippen LogP contribution in [0.3, 0.4) is 0 Å². The summed E-state index contributed by atoms with van der Waals surface area (Å²) in [7, 11) is 0. The molecule has 2 rings (SSSR count). The molecule has 1 aliphatic carbocycles. The van der Waals surface area contributed by atoms with Gasteiger partial charge in [-0.15, -0.1) is 0 Å². The first-order chi connectivity index (χ1) is 9.58. The molecule has 0 saturated carbocycles. The van der Waals surface area contributed by atoms with Crippen molar-refractivity contribution in [2.24, 2.45) is 0 Å². The highest BCUT2D eigenvalue weighted by Crippen LogP contribution is 2.22. The fourth-order valence-corrected chi connectivity index (χ4v) is 2.40. The summed E-state index contributed by atoms with van der Waals surface area (Å²) in [5.74, 6) is -0.378. The fourth-order valence-electron chi connectivity index (χ4n) is 2.20. The number of benzene rings is 1. The second kappa shape index (κ2) is 6.52. The van der Waals surface area contributed by atoms with Crippen molar-refractivity contribution in [3.05, 3.63) is 50.5 Å². The number of hydrogen-bond donors (Lipinski definition) is 1. The average molecular weight is 295 g/mol. The minimum Gasteiger partial charge on any atom is -0.352 e. The number of carbonyl (C=O) groups is 1. The van der Waals surface area contributed by atoms with Crippen LogP contribution in [0.2, 0.25) is 5.02 Å². The Balaban J connectivity index is 1.97. The first kappa shape index (κ1) is 14.5. The number of nitrogens with zero attached hydrogens (tertiary/aromatic N) is 1. The zero-order valence-electron chi connectivity index (χ0n) is 10.9. The molecule has 0 fully saturated rings. The summed E-state index contributed by atoms with van der Waals surface area (Å²) >= 11 is 5.91. The van der Waals surface area contributed by atoms with Crippen LogP contribution in [0.25, 0.3) is 0 Å². The summed E-state index contributed by atoms with van der Waals surface area (Å²) in [4.78, 5) is 22.1. The number of non-ortho nitro benzene ring substituents is 1. The van der Waals surface area contributed by atoms with E-state index in [2.05, 4.69) is 11.4 Å². The van der Waals surface area contributed by atoms with Gasteiger partial charge in [-0.2, -0.15) is 0 Å². The average Bonchev–Trinajstić information content (AvgIpc) is 2.92. The van der Waals surface area contributed by atoms with E-state index in [4.69, 9.17) is 11.6 Å². The maximum absolute atomic E-state index is 12.0. The Bertz CT molecular complexity index is 570. The van der Waals surface area contributed by atoms with Crippen molar-refractivity contribution in [2.75, 3.05) is 6.54 Å². The maximum atomic E-state index is 12.0. The first-order valence-corrected chi connectivity index (χ1v) is 6.86. The number of allylic oxidation sites excluding steroid dienone is 1. The number of carbonyl (C=O) groups excluding carboxylic acids is 1. The Labute approximate surface area is 121 Å². The normalized spacial score (nSPS) is 13.9. The van der Waals surface area contributed by atoms with Gasteiger partial charge in [0.25, 0.3) is 11.6 Å². The third-order valence-electron chi connectivity index (χ3n) is 3.27. The van der Waals surface area contributed by atoms with E-state index >= 15 is 0 Å². The number of halogens is 1. The molecule has 1 N–H and O–H groups in total. The quantitative estimate of drug-likeness (QED) is 0.513. The third-order valence-corrected chi connectivity index (χ3v) is 3.60. The van der Waals surface area contributed by atoms with E-state index in [0.717, 1.165) is 19.3 Å². The maximum Gasteiger partial charge on any atom is 0.270 e. The molecule has 0 spiro atoms. The van der Waals surface area contributed by atoms with E-state index < -0.39 is 4.92 Å². The molecule has 0 atom stereocenters. The largest absolute Gasteiger partial charge is 0.352 e. The fraction of sp³-hybridized carbons (Fsp3) is 0.357. The summed E-state index contributed by atoms with van der Waals surface area (Å²) in [6, 6.07) is 3.85. The van der Waals surface area contributed by atoms with E-state index in [1.807, 2.05) is 0 Å². The Hall–Kier alpha value is -1.88. The smallest absolute Gasteiger partial charge is 0.270 e. The van der Waals surface area contributed by atoms with Crippen molar-refractivity contribution in [1.29, 1.82) is 0 Å². The minimum absolute atomic E-state index is 0.140. The zero-order valence-corrected chi connectivity index (χ0v) is 11.7. The standard InChI is InChI=1S/C14H15ClN2O3/c15-13-6-5-11(17(19)20)9-12(13)14(18)16-8-7-10-3-1-2-4-10/h3,5-6,9H,1-2,4,7-8H2,(H,16,18). The van der Waals surface area contributed by atoms with Crippen molar-refractivity contribution in [3.63, 3.8) is 0 Å². The topological polar surface area (TPSA) is 72.2 Å². The first-order valence-electron chi connectivity index (χ1n) is 6.48. The molecule has 0 aromatic heterocycles. The van der Waals surface area contributed by atoms with Gasteiger partial charge >= 0.3 is 0 Å². The van der Waals surface area contributed by atoms with Gasteiger partial charge in [0, 0.05) is 18.7 Å². The van der Waals surface area contributed by atoms with Crippen LogP contribution in [0.4, 0.5) is 5.69 Å². The number of nitro groups is 1. The van der Waals surface area contributed by atoms with Gasteiger partial charge in [0.1, 0.15) is 0 Å². The van der Waals surface area contributed by atoms with Crippen molar-refractivity contribution in [2.45, 2.75) is 25.7 Å². The number of rotatable bonds is 5. The molecule has 0 aliphatic heterocycles. The number of hydrogen-bond acceptors (Lipinski definition) is 3. The Kier molecular flexibility index (Phi) is 4.74. The van der Waals surface area contributed by atoms with Crippen molar-refractivity contribution >= 4 is 23.2 Å². The molecule has 0 bridgehead atoms. The lowest BCUT2D eigenvalue weighted by Gasteiger charge is -2.07. The molecule has 0 radical (unpaired) electrons. The van der Waals surface area contributed by atoms with Gasteiger partial charge in [0.15, 0.2) is 0 Å². The van der Waals surface area contributed by atoms with Gasteiger partial charge in [0.05, 0.1) is 15.5 Å². The van der Waals surface area contributed by atoms with Crippen LogP contribution in [0.1, 0.15) is 36.0 Å². The molecule has 0 saturated heterocycles. The van der Waals surface area contributed by atoms with Crippen LogP contribution in [0, 0.1) is 10.1 Å². The number of nitrogens with one attached hydrogen (secondary N) is 1. The minimum atomic E-state index is -0.545. The molecule has 1 aromatic carbocycles. The molecule has 106 valence electrons. The van der Waals surface area contributed by atoms with Crippen molar-refractivity contribution in [1.82, 2.24) is 5.32 Å². The number of nitro benzene ring substituents is 1. The van der Waals surface area contributed by atoms with E-state index in [1.165, 1.54) is 30.2 Å². The van der Waals surface area contributed by atoms with Gasteiger partial charge in [-0.25, -0.2) is 0 Å². The van der Waals surface area contributed by atoms with Gasteiger partial charge in [-0.3, -0.25) is 14.9 Å². The van der Waals surface area contributed by atoms with Crippen molar-refractivity contribution < 1.29 is 9.72 Å². The molecule has 1 aromatic rings. The Morgan fingerprint density at radius 1 is 1.45 bits per heavy atom. The van der Waals surface area contributed by atoms with E-state index in [9.17, 15) is 14.9 Å². The predicted molar refractivity (Wildman–Crippen MR) is 77.0 cm³/mol. The highest BCUT2D eigenvalue weighted by atomic mass is 35.5. The van der Waals surface area contributed by atoms with Gasteiger partial charge in [-0.1, -0.05) is 23.3 Å². The lowest BCUT2D eigenvalue weighted by Crippen LogP contribution is -2.25. The predicted octanol–water partition coefficient (Wildman–Crippen LogP) is 3.48. The van der Waals surface area contributed by atoms with Crippen LogP contribution in [-0.4, -0.2) is 17.4 Å². The van der Waals surface area contributed by atoms with Crippen LogP contribution in [0.5, 0.6) is 0 Å². The zero-order chi connectivity index (χ0) is 14.5. The molecule has 20 heavy (non-hydrogen) atoms. The third kappa shape index (κ3) is 3.57. The summed E-state index contributed by atoms with van der Waals surface area (Å²) in [5, 5.41) is 13.7. The van der Waals surface area contributed by atoms with Crippen LogP contribution < -0.4 is 5.32 Å². The summed E-state index contributed by atoms with van der Waals surface area (Å²) in [5.41, 5.74) is 1.36. The van der Waals surface area contributed by atoms with Crippen LogP contribution in [0.15, 0.2) is 29.8 Å². The lowest BCUT2D eigenvalue weighted by atomic mass is 10.1. The summed E-state index contributed by atoms with van der Waals surface area (Å²) in [6.07, 6.45) is 6.40. The van der Waals surface area contributed by atoms with E-state index in [-0.39, 0.29) is 22.2 Å². The van der Waals surface area contributed by atoms with Crippen molar-refractivity contribution in [3.8, 4) is 0 Å².